The van der Waals surface area contributed by atoms with Crippen LogP contribution in [0.2, 0.25) is 0 Å². The van der Waals surface area contributed by atoms with E-state index in [0.29, 0.717) is 11.6 Å². The number of hydrogen-bond donors (Lipinski definition) is 1. The van der Waals surface area contributed by atoms with Gasteiger partial charge in [-0.05, 0) is 12.5 Å². The van der Waals surface area contributed by atoms with E-state index >= 15 is 0 Å². The average Bonchev–Trinajstić information content (AvgIpc) is 2.58. The highest BCUT2D eigenvalue weighted by Crippen LogP contribution is 2.18. The molecule has 0 spiro atoms. The van der Waals surface area contributed by atoms with E-state index in [0.717, 1.165) is 5.56 Å². The molecule has 0 unspecified atom stereocenters. The van der Waals surface area contributed by atoms with Gasteiger partial charge in [0, 0.05) is 13.1 Å². The minimum absolute atomic E-state index is 0.272. The van der Waals surface area contributed by atoms with Crippen LogP contribution in [-0.2, 0) is 7.05 Å². The lowest BCUT2D eigenvalue weighted by molar-refractivity contribution is 0.422. The lowest BCUT2D eigenvalue weighted by Gasteiger charge is -2.02. The number of nitrogens with two attached hydrogens (primary N) is 1. The highest BCUT2D eigenvalue weighted by molar-refractivity contribution is 5.45. The van der Waals surface area contributed by atoms with Gasteiger partial charge in [0.05, 0.1) is 11.9 Å². The number of hydrogen-bond acceptors (Lipinski definition) is 5. The molecule has 0 atom stereocenters. The zero-order chi connectivity index (χ0) is 10.8. The largest absolute Gasteiger partial charge is 0.404 e. The molecule has 0 aliphatic heterocycles. The number of ether oxygens (including phenoxy) is 1. The van der Waals surface area contributed by atoms with Crippen LogP contribution in [0.5, 0.6) is 11.9 Å². The quantitative estimate of drug-likeness (QED) is 0.787. The van der Waals surface area contributed by atoms with Gasteiger partial charge in [-0.3, -0.25) is 4.68 Å². The van der Waals surface area contributed by atoms with Crippen molar-refractivity contribution in [3.05, 3.63) is 24.2 Å². The van der Waals surface area contributed by atoms with Gasteiger partial charge in [0.25, 0.3) is 0 Å². The molecule has 0 saturated heterocycles. The Kier molecular flexibility index (Phi) is 2.24. The highest BCUT2D eigenvalue weighted by Gasteiger charge is 2.04. The number of nitrogen functional groups attached to an aromatic ring is 1. The predicted octanol–water partition coefficient (Wildman–Crippen LogP) is 0.893. The van der Waals surface area contributed by atoms with Gasteiger partial charge in [-0.25, -0.2) is 4.98 Å². The lowest BCUT2D eigenvalue weighted by atomic mass is 10.2. The van der Waals surface area contributed by atoms with Crippen molar-refractivity contribution in [1.82, 2.24) is 19.7 Å². The van der Waals surface area contributed by atoms with Gasteiger partial charge in [0.1, 0.15) is 6.33 Å². The van der Waals surface area contributed by atoms with E-state index in [1.54, 1.807) is 30.3 Å². The summed E-state index contributed by atoms with van der Waals surface area (Å²) in [5, 5.41) is 3.97. The van der Waals surface area contributed by atoms with Crippen molar-refractivity contribution in [2.45, 2.75) is 6.92 Å². The highest BCUT2D eigenvalue weighted by atomic mass is 16.5. The first-order chi connectivity index (χ1) is 7.15. The van der Waals surface area contributed by atoms with E-state index in [4.69, 9.17) is 10.5 Å². The minimum atomic E-state index is 0.272. The number of pyridine rings is 1. The maximum absolute atomic E-state index is 5.63. The second-order valence-electron chi connectivity index (χ2n) is 3.18. The van der Waals surface area contributed by atoms with Crippen LogP contribution in [-0.4, -0.2) is 19.7 Å². The summed E-state index contributed by atoms with van der Waals surface area (Å²) in [7, 11) is 1.77. The van der Waals surface area contributed by atoms with Crippen molar-refractivity contribution >= 4 is 5.69 Å². The molecule has 78 valence electrons. The van der Waals surface area contributed by atoms with Crippen molar-refractivity contribution in [2.24, 2.45) is 7.05 Å². The van der Waals surface area contributed by atoms with E-state index in [-0.39, 0.29) is 6.01 Å². The van der Waals surface area contributed by atoms with Crippen LogP contribution >= 0.6 is 0 Å². The molecule has 6 heteroatoms. The summed E-state index contributed by atoms with van der Waals surface area (Å²) >= 11 is 0. The number of anilines is 1. The van der Waals surface area contributed by atoms with Crippen molar-refractivity contribution in [2.75, 3.05) is 5.73 Å². The van der Waals surface area contributed by atoms with Crippen LogP contribution in [0, 0.1) is 6.92 Å². The maximum Gasteiger partial charge on any atom is 0.342 e. The van der Waals surface area contributed by atoms with E-state index in [1.165, 1.54) is 0 Å². The summed E-state index contributed by atoms with van der Waals surface area (Å²) in [6.45, 7) is 1.88. The molecule has 2 aromatic heterocycles. The van der Waals surface area contributed by atoms with Gasteiger partial charge >= 0.3 is 6.01 Å². The Balaban J connectivity index is 2.21. The van der Waals surface area contributed by atoms with Crippen molar-refractivity contribution in [1.29, 1.82) is 0 Å². The standard InChI is InChI=1S/C9H11N5O/c1-6-3-8(11-4-7(6)10)15-9-12-5-14(2)13-9/h3-5H,10H2,1-2H3. The fourth-order valence-electron chi connectivity index (χ4n) is 1.06. The Bertz CT molecular complexity index is 479. The zero-order valence-corrected chi connectivity index (χ0v) is 8.51. The molecule has 0 bridgehead atoms. The molecule has 2 heterocycles. The molecule has 6 nitrogen and oxygen atoms in total. The molecule has 0 radical (unpaired) electrons. The second kappa shape index (κ2) is 3.56. The molecule has 2 rings (SSSR count). The zero-order valence-electron chi connectivity index (χ0n) is 8.51. The Hall–Kier alpha value is -2.11. The third-order valence-electron chi connectivity index (χ3n) is 1.90. The van der Waals surface area contributed by atoms with Crippen molar-refractivity contribution < 1.29 is 4.74 Å². The Morgan fingerprint density at radius 3 is 2.80 bits per heavy atom. The molecule has 0 aliphatic rings. The van der Waals surface area contributed by atoms with Crippen LogP contribution in [0.4, 0.5) is 5.69 Å². The summed E-state index contributed by atoms with van der Waals surface area (Å²) < 4.78 is 6.88. The molecule has 2 N–H and O–H groups in total. The van der Waals surface area contributed by atoms with Crippen molar-refractivity contribution in [3.63, 3.8) is 0 Å². The Morgan fingerprint density at radius 2 is 2.20 bits per heavy atom. The fourth-order valence-corrected chi connectivity index (χ4v) is 1.06. The molecule has 15 heavy (non-hydrogen) atoms. The minimum Gasteiger partial charge on any atom is -0.404 e. The fraction of sp³-hybridized carbons (Fsp3) is 0.222. The molecule has 0 aliphatic carbocycles. The third kappa shape index (κ3) is 2.04. The monoisotopic (exact) mass is 205 g/mol. The molecular weight excluding hydrogens is 194 g/mol. The van der Waals surface area contributed by atoms with Gasteiger partial charge < -0.3 is 10.5 Å². The summed E-state index contributed by atoms with van der Waals surface area (Å²) in [6.07, 6.45) is 3.10. The average molecular weight is 205 g/mol. The van der Waals surface area contributed by atoms with Crippen LogP contribution < -0.4 is 10.5 Å². The van der Waals surface area contributed by atoms with Crippen LogP contribution in [0.25, 0.3) is 0 Å². The summed E-state index contributed by atoms with van der Waals surface area (Å²) in [5.74, 6) is 0.438. The van der Waals surface area contributed by atoms with Crippen molar-refractivity contribution in [3.8, 4) is 11.9 Å². The summed E-state index contributed by atoms with van der Waals surface area (Å²) in [4.78, 5) is 7.93. The van der Waals surface area contributed by atoms with E-state index in [1.807, 2.05) is 6.92 Å². The predicted molar refractivity (Wildman–Crippen MR) is 54.5 cm³/mol. The summed E-state index contributed by atoms with van der Waals surface area (Å²) in [5.41, 5.74) is 7.18. The third-order valence-corrected chi connectivity index (χ3v) is 1.90. The van der Waals surface area contributed by atoms with Gasteiger partial charge in [-0.2, -0.15) is 4.98 Å². The number of rotatable bonds is 2. The van der Waals surface area contributed by atoms with E-state index in [2.05, 4.69) is 15.1 Å². The van der Waals surface area contributed by atoms with Gasteiger partial charge in [0.15, 0.2) is 0 Å². The van der Waals surface area contributed by atoms with Gasteiger partial charge in [-0.1, -0.05) is 0 Å². The maximum atomic E-state index is 5.63. The first-order valence-corrected chi connectivity index (χ1v) is 4.41. The smallest absolute Gasteiger partial charge is 0.342 e. The molecule has 2 aromatic rings. The number of aryl methyl sites for hydroxylation is 2. The lowest BCUT2D eigenvalue weighted by Crippen LogP contribution is -1.95. The number of aromatic nitrogens is 4. The number of nitrogens with zero attached hydrogens (tertiary/aromatic N) is 4. The molecule has 0 amide bonds. The molecular formula is C9H11N5O. The van der Waals surface area contributed by atoms with E-state index in [9.17, 15) is 0 Å². The van der Waals surface area contributed by atoms with Gasteiger partial charge in [-0.15, -0.1) is 5.10 Å². The van der Waals surface area contributed by atoms with Crippen LogP contribution in [0.3, 0.4) is 0 Å². The molecule has 0 saturated carbocycles. The van der Waals surface area contributed by atoms with E-state index < -0.39 is 0 Å². The van der Waals surface area contributed by atoms with Crippen LogP contribution in [0.15, 0.2) is 18.6 Å². The first-order valence-electron chi connectivity index (χ1n) is 4.41. The Morgan fingerprint density at radius 1 is 1.40 bits per heavy atom. The SMILES string of the molecule is Cc1cc(Oc2ncn(C)n2)ncc1N. The summed E-state index contributed by atoms with van der Waals surface area (Å²) in [6, 6.07) is 2.01. The first kappa shape index (κ1) is 9.45. The second-order valence-corrected chi connectivity index (χ2v) is 3.18. The topological polar surface area (TPSA) is 78.8 Å². The molecule has 0 fully saturated rings. The van der Waals surface area contributed by atoms with Gasteiger partial charge in [0.2, 0.25) is 5.88 Å². The van der Waals surface area contributed by atoms with Crippen LogP contribution in [0.1, 0.15) is 5.56 Å². The molecule has 0 aromatic carbocycles. The Labute approximate surface area is 86.7 Å². The normalized spacial score (nSPS) is 10.3.